The number of fused-ring (bicyclic) bond motifs is 1. The molecule has 3 amide bonds. The van der Waals surface area contributed by atoms with Crippen molar-refractivity contribution in [2.24, 2.45) is 0 Å². The predicted molar refractivity (Wildman–Crippen MR) is 117 cm³/mol. The maximum Gasteiger partial charge on any atom is 0.317 e. The van der Waals surface area contributed by atoms with Crippen LogP contribution in [0.1, 0.15) is 56.8 Å². The van der Waals surface area contributed by atoms with Crippen LogP contribution in [0, 0.1) is 0 Å². The van der Waals surface area contributed by atoms with E-state index >= 15 is 0 Å². The number of likely N-dealkylation sites (tertiary alicyclic amines) is 1. The number of benzene rings is 1. The lowest BCUT2D eigenvalue weighted by molar-refractivity contribution is -0.122. The largest absolute Gasteiger partial charge is 0.487 e. The summed E-state index contributed by atoms with van der Waals surface area (Å²) in [5, 5.41) is 5.93. The van der Waals surface area contributed by atoms with Gasteiger partial charge in [0.15, 0.2) is 0 Å². The highest BCUT2D eigenvalue weighted by Crippen LogP contribution is 2.46. The number of hydrogen-bond acceptors (Lipinski definition) is 4. The molecule has 1 saturated heterocycles. The maximum atomic E-state index is 12.7. The van der Waals surface area contributed by atoms with E-state index in [1.807, 2.05) is 49.1 Å². The van der Waals surface area contributed by atoms with E-state index < -0.39 is 0 Å². The Kier molecular flexibility index (Phi) is 6.20. The van der Waals surface area contributed by atoms with Crippen LogP contribution in [0.5, 0.6) is 5.75 Å². The first-order valence-electron chi connectivity index (χ1n) is 11.1. The number of ether oxygens (including phenoxy) is 1. The van der Waals surface area contributed by atoms with Gasteiger partial charge in [0, 0.05) is 44.3 Å². The standard InChI is InChI=1S/C24H31N3O4/c1-17(2)26-23(29)27-11-9-24(10-12-27)15-18(20-7-3-4-8-21(20)31-24)14-22(28)25-16-19-6-5-13-30-19/h3-8,13,17-18H,9-12,14-16H2,1-2H3,(H,25,28)(H,26,29)/t18-/m0/s1. The summed E-state index contributed by atoms with van der Waals surface area (Å²) in [6.07, 6.45) is 4.31. The van der Waals surface area contributed by atoms with E-state index in [-0.39, 0.29) is 29.5 Å². The molecule has 1 spiro atoms. The molecule has 31 heavy (non-hydrogen) atoms. The Morgan fingerprint density at radius 2 is 1.94 bits per heavy atom. The van der Waals surface area contributed by atoms with Crippen molar-refractivity contribution in [3.05, 3.63) is 54.0 Å². The molecule has 2 aromatic rings. The normalized spacial score (nSPS) is 19.6. The van der Waals surface area contributed by atoms with Crippen LogP contribution in [-0.4, -0.2) is 41.6 Å². The van der Waals surface area contributed by atoms with E-state index in [0.717, 1.165) is 36.3 Å². The number of urea groups is 1. The third-order valence-electron chi connectivity index (χ3n) is 6.15. The van der Waals surface area contributed by atoms with Crippen LogP contribution in [0.3, 0.4) is 0 Å². The van der Waals surface area contributed by atoms with Gasteiger partial charge in [-0.15, -0.1) is 0 Å². The fraction of sp³-hybridized carbons (Fsp3) is 0.500. The van der Waals surface area contributed by atoms with E-state index in [1.165, 1.54) is 0 Å². The molecule has 2 aliphatic heterocycles. The number of carbonyl (C=O) groups excluding carboxylic acids is 2. The lowest BCUT2D eigenvalue weighted by Crippen LogP contribution is -2.54. The Morgan fingerprint density at radius 1 is 1.16 bits per heavy atom. The summed E-state index contributed by atoms with van der Waals surface area (Å²) in [7, 11) is 0. The van der Waals surface area contributed by atoms with Crippen molar-refractivity contribution in [1.82, 2.24) is 15.5 Å². The minimum atomic E-state index is -0.338. The number of rotatable bonds is 5. The van der Waals surface area contributed by atoms with Gasteiger partial charge in [-0.3, -0.25) is 4.79 Å². The molecular formula is C24H31N3O4. The third-order valence-corrected chi connectivity index (χ3v) is 6.15. The number of furan rings is 1. The highest BCUT2D eigenvalue weighted by atomic mass is 16.5. The Hall–Kier alpha value is -2.96. The van der Waals surface area contributed by atoms with Gasteiger partial charge in [0.2, 0.25) is 5.91 Å². The number of piperidine rings is 1. The van der Waals surface area contributed by atoms with E-state index in [0.29, 0.717) is 26.1 Å². The molecule has 1 fully saturated rings. The van der Waals surface area contributed by atoms with Crippen LogP contribution in [0.2, 0.25) is 0 Å². The Morgan fingerprint density at radius 3 is 2.65 bits per heavy atom. The minimum Gasteiger partial charge on any atom is -0.487 e. The lowest BCUT2D eigenvalue weighted by Gasteiger charge is -2.47. The first-order valence-corrected chi connectivity index (χ1v) is 11.1. The molecule has 4 rings (SSSR count). The van der Waals surface area contributed by atoms with Gasteiger partial charge in [0.25, 0.3) is 0 Å². The SMILES string of the molecule is CC(C)NC(=O)N1CCC2(CC1)C[C@H](CC(=O)NCc1ccco1)c1ccccc1O2. The van der Waals surface area contributed by atoms with Gasteiger partial charge < -0.3 is 24.7 Å². The van der Waals surface area contributed by atoms with Crippen molar-refractivity contribution in [2.45, 2.75) is 63.6 Å². The number of nitrogens with zero attached hydrogens (tertiary/aromatic N) is 1. The zero-order chi connectivity index (χ0) is 21.8. The van der Waals surface area contributed by atoms with Gasteiger partial charge >= 0.3 is 6.03 Å². The van der Waals surface area contributed by atoms with Crippen molar-refractivity contribution >= 4 is 11.9 Å². The highest BCUT2D eigenvalue weighted by Gasteiger charge is 2.44. The number of hydrogen-bond donors (Lipinski definition) is 2. The monoisotopic (exact) mass is 425 g/mol. The molecule has 7 nitrogen and oxygen atoms in total. The molecule has 2 N–H and O–H groups in total. The molecule has 1 aromatic carbocycles. The highest BCUT2D eigenvalue weighted by molar-refractivity contribution is 5.77. The van der Waals surface area contributed by atoms with Crippen LogP contribution in [0.4, 0.5) is 4.79 Å². The van der Waals surface area contributed by atoms with E-state index in [1.54, 1.807) is 6.26 Å². The molecule has 1 atom stereocenters. The number of amides is 3. The van der Waals surface area contributed by atoms with Gasteiger partial charge in [0.1, 0.15) is 17.1 Å². The average Bonchev–Trinajstić information content (AvgIpc) is 3.26. The van der Waals surface area contributed by atoms with Crippen molar-refractivity contribution in [2.75, 3.05) is 13.1 Å². The Bertz CT molecular complexity index is 901. The average molecular weight is 426 g/mol. The fourth-order valence-corrected chi connectivity index (χ4v) is 4.58. The summed E-state index contributed by atoms with van der Waals surface area (Å²) in [5.41, 5.74) is 0.746. The van der Waals surface area contributed by atoms with Crippen LogP contribution in [0.15, 0.2) is 47.1 Å². The molecule has 7 heteroatoms. The number of para-hydroxylation sites is 1. The Balaban J connectivity index is 1.42. The van der Waals surface area contributed by atoms with Crippen molar-refractivity contribution < 1.29 is 18.7 Å². The quantitative estimate of drug-likeness (QED) is 0.763. The molecule has 3 heterocycles. The number of nitrogens with one attached hydrogen (secondary N) is 2. The summed E-state index contributed by atoms with van der Waals surface area (Å²) < 4.78 is 11.8. The number of carbonyl (C=O) groups is 2. The summed E-state index contributed by atoms with van der Waals surface area (Å²) >= 11 is 0. The predicted octanol–water partition coefficient (Wildman–Crippen LogP) is 3.80. The van der Waals surface area contributed by atoms with Gasteiger partial charge in [-0.2, -0.15) is 0 Å². The van der Waals surface area contributed by atoms with Crippen LogP contribution in [0.25, 0.3) is 0 Å². The van der Waals surface area contributed by atoms with Gasteiger partial charge in [-0.25, -0.2) is 4.79 Å². The topological polar surface area (TPSA) is 83.8 Å². The summed E-state index contributed by atoms with van der Waals surface area (Å²) in [4.78, 5) is 26.9. The first kappa shape index (κ1) is 21.3. The van der Waals surface area contributed by atoms with Crippen molar-refractivity contribution in [3.8, 4) is 5.75 Å². The minimum absolute atomic E-state index is 0.00185. The lowest BCUT2D eigenvalue weighted by atomic mass is 9.76. The van der Waals surface area contributed by atoms with E-state index in [4.69, 9.17) is 9.15 Å². The molecular weight excluding hydrogens is 394 g/mol. The van der Waals surface area contributed by atoms with Crippen molar-refractivity contribution in [3.63, 3.8) is 0 Å². The molecule has 2 aliphatic rings. The van der Waals surface area contributed by atoms with Gasteiger partial charge in [0.05, 0.1) is 12.8 Å². The second kappa shape index (κ2) is 9.04. The van der Waals surface area contributed by atoms with Crippen LogP contribution in [-0.2, 0) is 11.3 Å². The molecule has 0 unspecified atom stereocenters. The molecule has 0 aliphatic carbocycles. The zero-order valence-electron chi connectivity index (χ0n) is 18.2. The van der Waals surface area contributed by atoms with Gasteiger partial charge in [-0.05, 0) is 44.0 Å². The molecule has 0 bridgehead atoms. The first-order chi connectivity index (χ1) is 14.9. The third kappa shape index (κ3) is 5.03. The smallest absolute Gasteiger partial charge is 0.317 e. The zero-order valence-corrected chi connectivity index (χ0v) is 18.2. The fourth-order valence-electron chi connectivity index (χ4n) is 4.58. The summed E-state index contributed by atoms with van der Waals surface area (Å²) in [5.74, 6) is 1.68. The summed E-state index contributed by atoms with van der Waals surface area (Å²) in [6.45, 7) is 5.62. The van der Waals surface area contributed by atoms with E-state index in [2.05, 4.69) is 16.7 Å². The Labute approximate surface area is 183 Å². The molecule has 166 valence electrons. The van der Waals surface area contributed by atoms with Crippen LogP contribution < -0.4 is 15.4 Å². The van der Waals surface area contributed by atoms with Crippen molar-refractivity contribution in [1.29, 1.82) is 0 Å². The molecule has 0 radical (unpaired) electrons. The van der Waals surface area contributed by atoms with Crippen LogP contribution >= 0.6 is 0 Å². The second-order valence-electron chi connectivity index (χ2n) is 8.88. The van der Waals surface area contributed by atoms with Gasteiger partial charge in [-0.1, -0.05) is 18.2 Å². The maximum absolute atomic E-state index is 12.7. The summed E-state index contributed by atoms with van der Waals surface area (Å²) in [6, 6.07) is 11.8. The molecule has 0 saturated carbocycles. The van der Waals surface area contributed by atoms with E-state index in [9.17, 15) is 9.59 Å². The second-order valence-corrected chi connectivity index (χ2v) is 8.88. The molecule has 1 aromatic heterocycles.